The summed E-state index contributed by atoms with van der Waals surface area (Å²) in [5.74, 6) is 1.78. The molecule has 1 rings (SSSR count). The topological polar surface area (TPSA) is 0 Å². The van der Waals surface area contributed by atoms with Crippen LogP contribution in [-0.2, 0) is 0 Å². The first-order valence-corrected chi connectivity index (χ1v) is 8.43. The van der Waals surface area contributed by atoms with Crippen LogP contribution in [0.4, 0.5) is 0 Å². The van der Waals surface area contributed by atoms with Gasteiger partial charge in [-0.3, -0.25) is 0 Å². The van der Waals surface area contributed by atoms with Crippen LogP contribution in [0.2, 0.25) is 0 Å². The van der Waals surface area contributed by atoms with Crippen molar-refractivity contribution >= 4 is 0 Å². The van der Waals surface area contributed by atoms with E-state index in [4.69, 9.17) is 0 Å². The summed E-state index contributed by atoms with van der Waals surface area (Å²) in [4.78, 5) is 0. The molecule has 0 aromatic rings. The van der Waals surface area contributed by atoms with E-state index in [0.29, 0.717) is 0 Å². The lowest BCUT2D eigenvalue weighted by Gasteiger charge is -2.28. The molecule has 20 heavy (non-hydrogen) atoms. The standard InChI is InChI=1S/C20H34/c1-16(2)8-6-9-18(5)10-7-11-19-12-14-20(15-13-19)17(3)4/h8,10,19-20H,3,6-7,9,11-15H2,1-2,4-5H3. The van der Waals surface area contributed by atoms with Gasteiger partial charge in [-0.2, -0.15) is 0 Å². The molecule has 0 aromatic carbocycles. The predicted molar refractivity (Wildman–Crippen MR) is 91.9 cm³/mol. The van der Waals surface area contributed by atoms with Crippen LogP contribution in [0.15, 0.2) is 35.5 Å². The van der Waals surface area contributed by atoms with Crippen molar-refractivity contribution in [3.63, 3.8) is 0 Å². The van der Waals surface area contributed by atoms with Gasteiger partial charge in [-0.25, -0.2) is 0 Å². The summed E-state index contributed by atoms with van der Waals surface area (Å²) in [6.07, 6.45) is 15.5. The minimum Gasteiger partial charge on any atom is -0.0999 e. The summed E-state index contributed by atoms with van der Waals surface area (Å²) in [7, 11) is 0. The van der Waals surface area contributed by atoms with Crippen molar-refractivity contribution in [2.75, 3.05) is 0 Å². The second-order valence-electron chi connectivity index (χ2n) is 7.01. The van der Waals surface area contributed by atoms with Gasteiger partial charge >= 0.3 is 0 Å². The first kappa shape index (κ1) is 17.3. The van der Waals surface area contributed by atoms with Crippen LogP contribution in [0.25, 0.3) is 0 Å². The molecule has 0 heteroatoms. The van der Waals surface area contributed by atoms with E-state index in [1.54, 1.807) is 5.57 Å². The Hall–Kier alpha value is -0.780. The van der Waals surface area contributed by atoms with Gasteiger partial charge in [0, 0.05) is 0 Å². The Kier molecular flexibility index (Phi) is 7.95. The van der Waals surface area contributed by atoms with Crippen molar-refractivity contribution in [3.05, 3.63) is 35.5 Å². The van der Waals surface area contributed by atoms with Gasteiger partial charge in [0.2, 0.25) is 0 Å². The normalized spacial score (nSPS) is 23.5. The Balaban J connectivity index is 2.18. The van der Waals surface area contributed by atoms with Crippen LogP contribution in [0.3, 0.4) is 0 Å². The zero-order valence-electron chi connectivity index (χ0n) is 14.2. The highest BCUT2D eigenvalue weighted by molar-refractivity contribution is 5.02. The van der Waals surface area contributed by atoms with Crippen molar-refractivity contribution in [1.82, 2.24) is 0 Å². The van der Waals surface area contributed by atoms with Crippen LogP contribution in [-0.4, -0.2) is 0 Å². The van der Waals surface area contributed by atoms with Crippen molar-refractivity contribution in [3.8, 4) is 0 Å². The highest BCUT2D eigenvalue weighted by Crippen LogP contribution is 2.34. The van der Waals surface area contributed by atoms with Crippen molar-refractivity contribution < 1.29 is 0 Å². The summed E-state index contributed by atoms with van der Waals surface area (Å²) >= 11 is 0. The molecule has 1 saturated carbocycles. The average Bonchev–Trinajstić information content (AvgIpc) is 2.39. The van der Waals surface area contributed by atoms with Gasteiger partial charge in [0.15, 0.2) is 0 Å². The molecule has 0 aliphatic heterocycles. The first-order chi connectivity index (χ1) is 9.49. The molecule has 0 aromatic heterocycles. The summed E-state index contributed by atoms with van der Waals surface area (Å²) in [5.41, 5.74) is 4.41. The van der Waals surface area contributed by atoms with Crippen LogP contribution in [0.5, 0.6) is 0 Å². The van der Waals surface area contributed by atoms with E-state index in [0.717, 1.165) is 11.8 Å². The molecule has 114 valence electrons. The molecule has 0 spiro atoms. The molecule has 1 aliphatic rings. The maximum Gasteiger partial charge on any atom is -0.0208 e. The van der Waals surface area contributed by atoms with Crippen LogP contribution >= 0.6 is 0 Å². The molecule has 0 saturated heterocycles. The van der Waals surface area contributed by atoms with Gasteiger partial charge in [0.1, 0.15) is 0 Å². The lowest BCUT2D eigenvalue weighted by atomic mass is 9.77. The molecule has 0 amide bonds. The minimum absolute atomic E-state index is 0.813. The Labute approximate surface area is 127 Å². The molecule has 1 aliphatic carbocycles. The van der Waals surface area contributed by atoms with E-state index in [2.05, 4.69) is 46.4 Å². The average molecular weight is 274 g/mol. The van der Waals surface area contributed by atoms with Gasteiger partial charge in [-0.1, -0.05) is 35.5 Å². The molecule has 0 atom stereocenters. The third-order valence-corrected chi connectivity index (χ3v) is 4.70. The maximum absolute atomic E-state index is 4.12. The Morgan fingerprint density at radius 3 is 2.15 bits per heavy atom. The summed E-state index contributed by atoms with van der Waals surface area (Å²) in [5, 5.41) is 0. The van der Waals surface area contributed by atoms with E-state index in [1.807, 2.05) is 0 Å². The second kappa shape index (κ2) is 9.21. The zero-order chi connectivity index (χ0) is 15.0. The zero-order valence-corrected chi connectivity index (χ0v) is 14.2. The van der Waals surface area contributed by atoms with Gasteiger partial charge in [0.05, 0.1) is 0 Å². The molecule has 0 radical (unpaired) electrons. The van der Waals surface area contributed by atoms with Crippen molar-refractivity contribution in [2.45, 2.75) is 79.1 Å². The van der Waals surface area contributed by atoms with E-state index in [1.165, 1.54) is 62.5 Å². The molecule has 0 N–H and O–H groups in total. The van der Waals surface area contributed by atoms with E-state index >= 15 is 0 Å². The number of allylic oxidation sites excluding steroid dienone is 5. The predicted octanol–water partition coefficient (Wildman–Crippen LogP) is 6.84. The third kappa shape index (κ3) is 7.12. The molecule has 0 bridgehead atoms. The number of hydrogen-bond donors (Lipinski definition) is 0. The summed E-state index contributed by atoms with van der Waals surface area (Å²) in [6, 6.07) is 0. The lowest BCUT2D eigenvalue weighted by molar-refractivity contribution is 0.289. The smallest absolute Gasteiger partial charge is 0.0208 e. The van der Waals surface area contributed by atoms with E-state index in [9.17, 15) is 0 Å². The highest BCUT2D eigenvalue weighted by atomic mass is 14.3. The van der Waals surface area contributed by atoms with Gasteiger partial charge in [-0.15, -0.1) is 0 Å². The quantitative estimate of drug-likeness (QED) is 0.446. The SMILES string of the molecule is C=C(C)C1CCC(CCC=C(C)CCC=C(C)C)CC1. The summed E-state index contributed by atoms with van der Waals surface area (Å²) in [6.45, 7) is 13.0. The third-order valence-electron chi connectivity index (χ3n) is 4.70. The van der Waals surface area contributed by atoms with E-state index in [-0.39, 0.29) is 0 Å². The van der Waals surface area contributed by atoms with Crippen molar-refractivity contribution in [1.29, 1.82) is 0 Å². The summed E-state index contributed by atoms with van der Waals surface area (Å²) < 4.78 is 0. The van der Waals surface area contributed by atoms with Crippen LogP contribution < -0.4 is 0 Å². The largest absolute Gasteiger partial charge is 0.0999 e. The Bertz CT molecular complexity index is 344. The monoisotopic (exact) mass is 274 g/mol. The molecular weight excluding hydrogens is 240 g/mol. The Morgan fingerprint density at radius 1 is 0.950 bits per heavy atom. The fraction of sp³-hybridized carbons (Fsp3) is 0.700. The molecule has 0 unspecified atom stereocenters. The molecule has 0 nitrogen and oxygen atoms in total. The van der Waals surface area contributed by atoms with Crippen molar-refractivity contribution in [2.24, 2.45) is 11.8 Å². The minimum atomic E-state index is 0.813. The first-order valence-electron chi connectivity index (χ1n) is 8.43. The fourth-order valence-electron chi connectivity index (χ4n) is 3.20. The van der Waals surface area contributed by atoms with Crippen LogP contribution in [0.1, 0.15) is 79.1 Å². The van der Waals surface area contributed by atoms with E-state index < -0.39 is 0 Å². The van der Waals surface area contributed by atoms with Crippen LogP contribution in [0, 0.1) is 11.8 Å². The lowest BCUT2D eigenvalue weighted by Crippen LogP contribution is -2.14. The highest BCUT2D eigenvalue weighted by Gasteiger charge is 2.20. The fourth-order valence-corrected chi connectivity index (χ4v) is 3.20. The second-order valence-corrected chi connectivity index (χ2v) is 7.01. The molecular formula is C20H34. The molecule has 1 fully saturated rings. The van der Waals surface area contributed by atoms with Gasteiger partial charge < -0.3 is 0 Å². The number of rotatable bonds is 7. The van der Waals surface area contributed by atoms with Gasteiger partial charge in [0.25, 0.3) is 0 Å². The Morgan fingerprint density at radius 2 is 1.60 bits per heavy atom. The van der Waals surface area contributed by atoms with Gasteiger partial charge in [-0.05, 0) is 90.9 Å². The molecule has 0 heterocycles. The maximum atomic E-state index is 4.12. The number of hydrogen-bond acceptors (Lipinski definition) is 0.